The highest BCUT2D eigenvalue weighted by atomic mass is 16.1. The molecule has 0 radical (unpaired) electrons. The van der Waals surface area contributed by atoms with E-state index < -0.39 is 0 Å². The molecular weight excluding hydrogens is 162 g/mol. The fourth-order valence-electron chi connectivity index (χ4n) is 1.14. The van der Waals surface area contributed by atoms with Crippen molar-refractivity contribution in [1.82, 2.24) is 5.32 Å². The van der Waals surface area contributed by atoms with Gasteiger partial charge in [-0.05, 0) is 18.9 Å². The summed E-state index contributed by atoms with van der Waals surface area (Å²) in [5.74, 6) is -0.00596. The molecule has 2 heteroatoms. The van der Waals surface area contributed by atoms with Gasteiger partial charge in [0.05, 0.1) is 0 Å². The average molecular weight is 183 g/mol. The maximum Gasteiger partial charge on any atom is 0.243 e. The van der Waals surface area contributed by atoms with E-state index in [0.717, 1.165) is 6.42 Å². The van der Waals surface area contributed by atoms with Crippen LogP contribution in [0.15, 0.2) is 12.2 Å². The van der Waals surface area contributed by atoms with Gasteiger partial charge in [-0.15, -0.1) is 0 Å². The van der Waals surface area contributed by atoms with Crippen molar-refractivity contribution in [2.24, 2.45) is 0 Å². The van der Waals surface area contributed by atoms with Crippen molar-refractivity contribution in [2.45, 2.75) is 45.4 Å². The molecule has 0 aromatic carbocycles. The van der Waals surface area contributed by atoms with Gasteiger partial charge in [-0.3, -0.25) is 4.79 Å². The summed E-state index contributed by atoms with van der Waals surface area (Å²) >= 11 is 0. The molecule has 0 aliphatic rings. The van der Waals surface area contributed by atoms with Crippen LogP contribution in [0.3, 0.4) is 0 Å². The molecule has 0 heterocycles. The lowest BCUT2D eigenvalue weighted by atomic mass is 10.1. The van der Waals surface area contributed by atoms with Crippen LogP contribution in [-0.2, 0) is 4.79 Å². The predicted octanol–water partition coefficient (Wildman–Crippen LogP) is 2.65. The molecule has 76 valence electrons. The Hall–Kier alpha value is -0.790. The first-order chi connectivity index (χ1) is 6.31. The minimum Gasteiger partial charge on any atom is -0.356 e. The molecule has 0 aliphatic carbocycles. The van der Waals surface area contributed by atoms with Crippen molar-refractivity contribution < 1.29 is 4.79 Å². The summed E-state index contributed by atoms with van der Waals surface area (Å²) in [6, 6.07) is 0. The van der Waals surface area contributed by atoms with Crippen LogP contribution < -0.4 is 5.32 Å². The van der Waals surface area contributed by atoms with Crippen molar-refractivity contribution >= 4 is 5.91 Å². The molecule has 0 fully saturated rings. The second kappa shape index (κ2) is 9.30. The number of carbonyl (C=O) groups excluding carboxylic acids is 1. The molecule has 1 amide bonds. The van der Waals surface area contributed by atoms with E-state index in [4.69, 9.17) is 0 Å². The van der Waals surface area contributed by atoms with Gasteiger partial charge in [-0.25, -0.2) is 0 Å². The lowest BCUT2D eigenvalue weighted by Crippen LogP contribution is -2.13. The molecule has 1 N–H and O–H groups in total. The Labute approximate surface area is 81.4 Å². The number of hydrogen-bond donors (Lipinski definition) is 1. The largest absolute Gasteiger partial charge is 0.356 e. The zero-order chi connectivity index (χ0) is 9.94. The van der Waals surface area contributed by atoms with Gasteiger partial charge in [0.25, 0.3) is 0 Å². The molecule has 0 bridgehead atoms. The number of allylic oxidation sites excluding steroid dienone is 1. The number of unbranched alkanes of at least 4 members (excludes halogenated alkanes) is 5. The fourth-order valence-corrected chi connectivity index (χ4v) is 1.14. The zero-order valence-electron chi connectivity index (χ0n) is 8.81. The van der Waals surface area contributed by atoms with Crippen LogP contribution in [0.5, 0.6) is 0 Å². The highest BCUT2D eigenvalue weighted by molar-refractivity contribution is 5.87. The molecule has 0 unspecified atom stereocenters. The van der Waals surface area contributed by atoms with Crippen LogP contribution in [-0.4, -0.2) is 13.0 Å². The highest BCUT2D eigenvalue weighted by Crippen LogP contribution is 2.04. The topological polar surface area (TPSA) is 29.1 Å². The Morgan fingerprint density at radius 1 is 1.23 bits per heavy atom. The lowest BCUT2D eigenvalue weighted by molar-refractivity contribution is -0.116. The molecule has 0 rings (SSSR count). The first-order valence-electron chi connectivity index (χ1n) is 5.19. The average Bonchev–Trinajstić information content (AvgIpc) is 2.16. The van der Waals surface area contributed by atoms with E-state index in [1.807, 2.05) is 6.08 Å². The van der Waals surface area contributed by atoms with E-state index in [-0.39, 0.29) is 5.91 Å². The molecule has 0 aromatic rings. The van der Waals surface area contributed by atoms with Gasteiger partial charge in [-0.2, -0.15) is 0 Å². The molecular formula is C11H21NO. The molecule has 0 atom stereocenters. The maximum atomic E-state index is 10.7. The van der Waals surface area contributed by atoms with Gasteiger partial charge in [0.15, 0.2) is 0 Å². The van der Waals surface area contributed by atoms with Gasteiger partial charge in [0, 0.05) is 7.05 Å². The Morgan fingerprint density at radius 3 is 2.54 bits per heavy atom. The third-order valence-corrected chi connectivity index (χ3v) is 1.99. The summed E-state index contributed by atoms with van der Waals surface area (Å²) in [6.45, 7) is 2.21. The molecule has 13 heavy (non-hydrogen) atoms. The van der Waals surface area contributed by atoms with Crippen molar-refractivity contribution in [3.8, 4) is 0 Å². The third kappa shape index (κ3) is 9.12. The fraction of sp³-hybridized carbons (Fsp3) is 0.727. The number of likely N-dealkylation sites (N-methyl/N-ethyl adjacent to an activating group) is 1. The van der Waals surface area contributed by atoms with Crippen LogP contribution in [0.1, 0.15) is 45.4 Å². The summed E-state index contributed by atoms with van der Waals surface area (Å²) in [4.78, 5) is 10.7. The van der Waals surface area contributed by atoms with E-state index in [9.17, 15) is 4.79 Å². The Kier molecular flexibility index (Phi) is 8.73. The van der Waals surface area contributed by atoms with Crippen molar-refractivity contribution in [3.05, 3.63) is 12.2 Å². The zero-order valence-corrected chi connectivity index (χ0v) is 8.81. The van der Waals surface area contributed by atoms with Gasteiger partial charge >= 0.3 is 0 Å². The number of hydrogen-bond acceptors (Lipinski definition) is 1. The molecule has 0 aliphatic heterocycles. The third-order valence-electron chi connectivity index (χ3n) is 1.99. The Bertz CT molecular complexity index is 152. The second-order valence-corrected chi connectivity index (χ2v) is 3.22. The second-order valence-electron chi connectivity index (χ2n) is 3.22. The minimum atomic E-state index is -0.00596. The summed E-state index contributed by atoms with van der Waals surface area (Å²) in [5.41, 5.74) is 0. The van der Waals surface area contributed by atoms with E-state index in [1.165, 1.54) is 32.1 Å². The quantitative estimate of drug-likeness (QED) is 0.477. The Morgan fingerprint density at radius 2 is 1.92 bits per heavy atom. The first-order valence-corrected chi connectivity index (χ1v) is 5.19. The normalized spacial score (nSPS) is 10.6. The summed E-state index contributed by atoms with van der Waals surface area (Å²) < 4.78 is 0. The lowest BCUT2D eigenvalue weighted by Gasteiger charge is -1.95. The Balaban J connectivity index is 3.15. The summed E-state index contributed by atoms with van der Waals surface area (Å²) in [7, 11) is 1.65. The minimum absolute atomic E-state index is 0.00596. The van der Waals surface area contributed by atoms with Crippen LogP contribution in [0, 0.1) is 0 Å². The molecule has 2 nitrogen and oxygen atoms in total. The van der Waals surface area contributed by atoms with Gasteiger partial charge < -0.3 is 5.32 Å². The van der Waals surface area contributed by atoms with Crippen molar-refractivity contribution in [3.63, 3.8) is 0 Å². The maximum absolute atomic E-state index is 10.7. The van der Waals surface area contributed by atoms with E-state index >= 15 is 0 Å². The van der Waals surface area contributed by atoms with Crippen LogP contribution >= 0.6 is 0 Å². The van der Waals surface area contributed by atoms with Gasteiger partial charge in [-0.1, -0.05) is 38.7 Å². The van der Waals surface area contributed by atoms with E-state index in [0.29, 0.717) is 0 Å². The van der Waals surface area contributed by atoms with Gasteiger partial charge in [0.1, 0.15) is 0 Å². The van der Waals surface area contributed by atoms with Gasteiger partial charge in [0.2, 0.25) is 5.91 Å². The highest BCUT2D eigenvalue weighted by Gasteiger charge is 1.88. The first kappa shape index (κ1) is 12.2. The number of rotatable bonds is 7. The summed E-state index contributed by atoms with van der Waals surface area (Å²) in [5, 5.41) is 2.55. The van der Waals surface area contributed by atoms with Crippen LogP contribution in [0.4, 0.5) is 0 Å². The van der Waals surface area contributed by atoms with Crippen LogP contribution in [0.2, 0.25) is 0 Å². The smallest absolute Gasteiger partial charge is 0.243 e. The molecule has 0 saturated heterocycles. The van der Waals surface area contributed by atoms with Crippen LogP contribution in [0.25, 0.3) is 0 Å². The standard InChI is InChI=1S/C11H21NO/c1-3-4-5-6-7-8-9-10-11(13)12-2/h9-10H,3-8H2,1-2H3,(H,12,13). The summed E-state index contributed by atoms with van der Waals surface area (Å²) in [6.07, 6.45) is 11.0. The number of carbonyl (C=O) groups is 1. The monoisotopic (exact) mass is 183 g/mol. The molecule has 0 aromatic heterocycles. The van der Waals surface area contributed by atoms with E-state index in [1.54, 1.807) is 13.1 Å². The van der Waals surface area contributed by atoms with Crippen molar-refractivity contribution in [2.75, 3.05) is 7.05 Å². The predicted molar refractivity (Wildman–Crippen MR) is 56.6 cm³/mol. The molecule has 0 saturated carbocycles. The molecule has 0 spiro atoms. The van der Waals surface area contributed by atoms with Crippen molar-refractivity contribution in [1.29, 1.82) is 0 Å². The number of amides is 1. The SMILES string of the molecule is CCCCCCCC=CC(=O)NC. The van der Waals surface area contributed by atoms with E-state index in [2.05, 4.69) is 12.2 Å². The number of nitrogens with one attached hydrogen (secondary N) is 1.